The van der Waals surface area contributed by atoms with Crippen molar-refractivity contribution in [2.75, 3.05) is 45.9 Å². The molecule has 7 heteroatoms. The summed E-state index contributed by atoms with van der Waals surface area (Å²) in [6.45, 7) is 4.84. The quantitative estimate of drug-likeness (QED) is 0.616. The number of hydrogen-bond donors (Lipinski definition) is 2. The highest BCUT2D eigenvalue weighted by Gasteiger charge is 2.10. The Balaban J connectivity index is 1.44. The van der Waals surface area contributed by atoms with Crippen LogP contribution in [0.3, 0.4) is 0 Å². The molecule has 0 bridgehead atoms. The maximum Gasteiger partial charge on any atom is 0.239 e. The molecule has 0 saturated carbocycles. The van der Waals surface area contributed by atoms with Gasteiger partial charge in [0.2, 0.25) is 11.8 Å². The van der Waals surface area contributed by atoms with Crippen molar-refractivity contribution in [2.45, 2.75) is 25.7 Å². The Morgan fingerprint density at radius 1 is 1.17 bits per heavy atom. The van der Waals surface area contributed by atoms with Crippen LogP contribution in [0.25, 0.3) is 0 Å². The van der Waals surface area contributed by atoms with Gasteiger partial charge in [-0.1, -0.05) is 6.07 Å². The molecule has 2 N–H and O–H groups in total. The Morgan fingerprint density at radius 2 is 2.00 bits per heavy atom. The van der Waals surface area contributed by atoms with Gasteiger partial charge in [-0.2, -0.15) is 0 Å². The second kappa shape index (κ2) is 11.2. The highest BCUT2D eigenvalue weighted by atomic mass is 32.1. The molecule has 2 rings (SSSR count). The summed E-state index contributed by atoms with van der Waals surface area (Å²) in [5, 5.41) is 7.59. The zero-order valence-corrected chi connectivity index (χ0v) is 14.9. The molecule has 0 spiro atoms. The van der Waals surface area contributed by atoms with E-state index < -0.39 is 0 Å². The number of unbranched alkanes of at least 4 members (excludes halogenated alkanes) is 1. The van der Waals surface area contributed by atoms with Crippen molar-refractivity contribution in [3.63, 3.8) is 0 Å². The van der Waals surface area contributed by atoms with Crippen LogP contribution in [0.2, 0.25) is 0 Å². The number of nitrogens with one attached hydrogen (secondary N) is 2. The van der Waals surface area contributed by atoms with Crippen LogP contribution in [0.15, 0.2) is 17.5 Å². The fraction of sp³-hybridized carbons (Fsp3) is 0.647. The number of morpholine rings is 1. The molecule has 0 unspecified atom stereocenters. The lowest BCUT2D eigenvalue weighted by atomic mass is 10.1. The number of nitrogens with zero attached hydrogens (tertiary/aromatic N) is 1. The predicted octanol–water partition coefficient (Wildman–Crippen LogP) is 1.03. The number of rotatable bonds is 10. The number of amides is 2. The summed E-state index contributed by atoms with van der Waals surface area (Å²) in [6, 6.07) is 4.16. The van der Waals surface area contributed by atoms with Crippen LogP contribution in [-0.4, -0.2) is 62.7 Å². The average molecular weight is 353 g/mol. The SMILES string of the molecule is O=C(CCCCc1cccs1)NCC(=O)NCCN1CCOCC1. The summed E-state index contributed by atoms with van der Waals surface area (Å²) >= 11 is 1.75. The summed E-state index contributed by atoms with van der Waals surface area (Å²) in [6.07, 6.45) is 3.35. The first-order chi connectivity index (χ1) is 11.7. The molecule has 1 aromatic rings. The maximum absolute atomic E-state index is 11.7. The Kier molecular flexibility index (Phi) is 8.80. The molecule has 134 valence electrons. The molecule has 1 aliphatic heterocycles. The van der Waals surface area contributed by atoms with Crippen molar-refractivity contribution in [3.05, 3.63) is 22.4 Å². The average Bonchev–Trinajstić information content (AvgIpc) is 3.11. The number of hydrogen-bond acceptors (Lipinski definition) is 5. The Morgan fingerprint density at radius 3 is 2.75 bits per heavy atom. The molecule has 0 aromatic carbocycles. The van der Waals surface area contributed by atoms with Crippen molar-refractivity contribution in [1.29, 1.82) is 0 Å². The van der Waals surface area contributed by atoms with Gasteiger partial charge in [-0.15, -0.1) is 11.3 Å². The Hall–Kier alpha value is -1.44. The van der Waals surface area contributed by atoms with E-state index in [9.17, 15) is 9.59 Å². The summed E-state index contributed by atoms with van der Waals surface area (Å²) in [5.41, 5.74) is 0. The van der Waals surface area contributed by atoms with E-state index in [-0.39, 0.29) is 18.4 Å². The van der Waals surface area contributed by atoms with Crippen molar-refractivity contribution < 1.29 is 14.3 Å². The smallest absolute Gasteiger partial charge is 0.239 e. The van der Waals surface area contributed by atoms with Gasteiger partial charge in [-0.25, -0.2) is 0 Å². The number of carbonyl (C=O) groups excluding carboxylic acids is 2. The Bertz CT molecular complexity index is 487. The monoisotopic (exact) mass is 353 g/mol. The van der Waals surface area contributed by atoms with E-state index in [2.05, 4.69) is 27.0 Å². The van der Waals surface area contributed by atoms with Crippen LogP contribution in [0.1, 0.15) is 24.1 Å². The summed E-state index contributed by atoms with van der Waals surface area (Å²) in [4.78, 5) is 27.0. The molecule has 1 aromatic heterocycles. The molecule has 2 heterocycles. The second-order valence-electron chi connectivity index (χ2n) is 5.87. The van der Waals surface area contributed by atoms with Gasteiger partial charge in [0.05, 0.1) is 19.8 Å². The molecule has 0 aliphatic carbocycles. The van der Waals surface area contributed by atoms with E-state index >= 15 is 0 Å². The van der Waals surface area contributed by atoms with Crippen molar-refractivity contribution in [3.8, 4) is 0 Å². The minimum absolute atomic E-state index is 0.0514. The predicted molar refractivity (Wildman–Crippen MR) is 95.2 cm³/mol. The van der Waals surface area contributed by atoms with Gasteiger partial charge in [0.15, 0.2) is 0 Å². The lowest BCUT2D eigenvalue weighted by molar-refractivity contribution is -0.126. The standard InChI is InChI=1S/C17H27N3O3S/c21-16(6-2-1-4-15-5-3-13-24-15)19-14-17(22)18-7-8-20-9-11-23-12-10-20/h3,5,13H,1-2,4,6-12,14H2,(H,18,22)(H,19,21). The van der Waals surface area contributed by atoms with E-state index in [1.165, 1.54) is 4.88 Å². The zero-order chi connectivity index (χ0) is 17.0. The minimum Gasteiger partial charge on any atom is -0.379 e. The van der Waals surface area contributed by atoms with E-state index in [1.807, 2.05) is 6.07 Å². The lowest BCUT2D eigenvalue weighted by Gasteiger charge is -2.26. The van der Waals surface area contributed by atoms with E-state index in [4.69, 9.17) is 4.74 Å². The van der Waals surface area contributed by atoms with E-state index in [0.717, 1.165) is 52.1 Å². The van der Waals surface area contributed by atoms with Gasteiger partial charge in [0.25, 0.3) is 0 Å². The van der Waals surface area contributed by atoms with Gasteiger partial charge in [-0.3, -0.25) is 14.5 Å². The highest BCUT2D eigenvalue weighted by molar-refractivity contribution is 7.09. The van der Waals surface area contributed by atoms with Crippen molar-refractivity contribution in [1.82, 2.24) is 15.5 Å². The molecular formula is C17H27N3O3S. The van der Waals surface area contributed by atoms with Crippen LogP contribution in [0.4, 0.5) is 0 Å². The molecular weight excluding hydrogens is 326 g/mol. The Labute approximate surface area is 147 Å². The van der Waals surface area contributed by atoms with Crippen molar-refractivity contribution in [2.24, 2.45) is 0 Å². The first-order valence-corrected chi connectivity index (χ1v) is 9.48. The first-order valence-electron chi connectivity index (χ1n) is 8.60. The van der Waals surface area contributed by atoms with Gasteiger partial charge >= 0.3 is 0 Å². The molecule has 0 atom stereocenters. The first kappa shape index (κ1) is 18.9. The molecule has 6 nitrogen and oxygen atoms in total. The van der Waals surface area contributed by atoms with Crippen molar-refractivity contribution >= 4 is 23.2 Å². The van der Waals surface area contributed by atoms with Crippen LogP contribution in [-0.2, 0) is 20.7 Å². The number of carbonyl (C=O) groups is 2. The van der Waals surface area contributed by atoms with E-state index in [1.54, 1.807) is 11.3 Å². The third-order valence-electron chi connectivity index (χ3n) is 3.96. The van der Waals surface area contributed by atoms with Gasteiger partial charge < -0.3 is 15.4 Å². The third kappa shape index (κ3) is 7.90. The molecule has 1 aliphatic rings. The second-order valence-corrected chi connectivity index (χ2v) is 6.90. The zero-order valence-electron chi connectivity index (χ0n) is 14.1. The van der Waals surface area contributed by atoms with E-state index in [0.29, 0.717) is 13.0 Å². The topological polar surface area (TPSA) is 70.7 Å². The summed E-state index contributed by atoms with van der Waals surface area (Å²) < 4.78 is 5.28. The molecule has 0 radical (unpaired) electrons. The number of ether oxygens (including phenoxy) is 1. The van der Waals surface area contributed by atoms with Crippen LogP contribution < -0.4 is 10.6 Å². The van der Waals surface area contributed by atoms with Gasteiger partial charge in [0.1, 0.15) is 0 Å². The normalized spacial score (nSPS) is 15.2. The third-order valence-corrected chi connectivity index (χ3v) is 4.89. The minimum atomic E-state index is -0.129. The summed E-state index contributed by atoms with van der Waals surface area (Å²) in [7, 11) is 0. The largest absolute Gasteiger partial charge is 0.379 e. The van der Waals surface area contributed by atoms with Crippen LogP contribution >= 0.6 is 11.3 Å². The molecule has 24 heavy (non-hydrogen) atoms. The highest BCUT2D eigenvalue weighted by Crippen LogP contribution is 2.12. The molecule has 1 fully saturated rings. The molecule has 2 amide bonds. The molecule has 1 saturated heterocycles. The van der Waals surface area contributed by atoms with Gasteiger partial charge in [0, 0.05) is 37.5 Å². The maximum atomic E-state index is 11.7. The number of aryl methyl sites for hydroxylation is 1. The fourth-order valence-corrected chi connectivity index (χ4v) is 3.30. The number of thiophene rings is 1. The van der Waals surface area contributed by atoms with Crippen LogP contribution in [0.5, 0.6) is 0 Å². The van der Waals surface area contributed by atoms with Crippen LogP contribution in [0, 0.1) is 0 Å². The fourth-order valence-electron chi connectivity index (χ4n) is 2.55. The lowest BCUT2D eigenvalue weighted by Crippen LogP contribution is -2.43. The summed E-state index contributed by atoms with van der Waals surface area (Å²) in [5.74, 6) is -0.181. The van der Waals surface area contributed by atoms with Gasteiger partial charge in [-0.05, 0) is 30.7 Å².